The van der Waals surface area contributed by atoms with Crippen molar-refractivity contribution in [2.24, 2.45) is 0 Å². The van der Waals surface area contributed by atoms with Crippen molar-refractivity contribution in [1.82, 2.24) is 21.3 Å². The van der Waals surface area contributed by atoms with E-state index in [0.717, 1.165) is 11.1 Å². The number of hydrogen-bond acceptors (Lipinski definition) is 7. The number of halogens is 3. The smallest absolute Gasteiger partial charge is 0.335 e. The van der Waals surface area contributed by atoms with Gasteiger partial charge in [0.2, 0.25) is 11.8 Å². The Kier molecular flexibility index (Phi) is 19.5. The second kappa shape index (κ2) is 24.7. The van der Waals surface area contributed by atoms with Crippen molar-refractivity contribution in [3.63, 3.8) is 0 Å². The minimum Gasteiger partial charge on any atom is -0.478 e. The number of nitrogens with one attached hydrogen (secondary N) is 4. The van der Waals surface area contributed by atoms with Crippen molar-refractivity contribution in [1.29, 1.82) is 0 Å². The fourth-order valence-electron chi connectivity index (χ4n) is 5.11. The average molecular weight is 880 g/mol. The molecule has 0 bridgehead atoms. The highest BCUT2D eigenvalue weighted by molar-refractivity contribution is 8.76. The zero-order chi connectivity index (χ0) is 41.7. The second-order valence-electron chi connectivity index (χ2n) is 12.5. The van der Waals surface area contributed by atoms with Crippen LogP contribution in [0.25, 0.3) is 0 Å². The Morgan fingerprint density at radius 1 is 0.586 bits per heavy atom. The molecular formula is C43H41Cl3N4O6S2. The summed E-state index contributed by atoms with van der Waals surface area (Å²) in [5.74, 6) is -1.26. The van der Waals surface area contributed by atoms with Crippen molar-refractivity contribution < 1.29 is 29.1 Å². The van der Waals surface area contributed by atoms with Gasteiger partial charge in [-0.3, -0.25) is 19.2 Å². The highest BCUT2D eigenvalue weighted by Crippen LogP contribution is 2.23. The molecule has 0 aliphatic rings. The first kappa shape index (κ1) is 45.7. The van der Waals surface area contributed by atoms with Crippen LogP contribution >= 0.6 is 56.4 Å². The first-order valence-electron chi connectivity index (χ1n) is 18.0. The molecule has 0 aliphatic carbocycles. The number of carbonyl (C=O) groups excluding carboxylic acids is 4. The molecule has 15 heteroatoms. The predicted octanol–water partition coefficient (Wildman–Crippen LogP) is 8.55. The van der Waals surface area contributed by atoms with Gasteiger partial charge in [0.15, 0.2) is 0 Å². The fraction of sp³-hybridized carbons (Fsp3) is 0.186. The maximum absolute atomic E-state index is 13.1. The van der Waals surface area contributed by atoms with Gasteiger partial charge in [-0.1, -0.05) is 117 Å². The highest BCUT2D eigenvalue weighted by Gasteiger charge is 2.22. The van der Waals surface area contributed by atoms with Crippen LogP contribution < -0.4 is 21.3 Å². The van der Waals surface area contributed by atoms with Gasteiger partial charge in [-0.05, 0) is 90.3 Å². The molecule has 302 valence electrons. The van der Waals surface area contributed by atoms with Crippen LogP contribution in [0.5, 0.6) is 0 Å². The molecule has 5 rings (SSSR count). The lowest BCUT2D eigenvalue weighted by Crippen LogP contribution is -2.48. The number of amides is 4. The van der Waals surface area contributed by atoms with Crippen LogP contribution in [-0.4, -0.2) is 65.3 Å². The molecule has 0 aromatic heterocycles. The molecule has 0 aliphatic heterocycles. The van der Waals surface area contributed by atoms with Crippen LogP contribution in [0.15, 0.2) is 133 Å². The summed E-state index contributed by atoms with van der Waals surface area (Å²) >= 11 is 17.4. The molecule has 4 amide bonds. The van der Waals surface area contributed by atoms with Crippen molar-refractivity contribution in [2.75, 3.05) is 24.6 Å². The first-order chi connectivity index (χ1) is 28.0. The molecule has 10 nitrogen and oxygen atoms in total. The van der Waals surface area contributed by atoms with E-state index < -0.39 is 18.1 Å². The molecule has 5 aromatic carbocycles. The molecule has 0 spiro atoms. The number of benzene rings is 5. The van der Waals surface area contributed by atoms with Crippen LogP contribution in [0.1, 0.15) is 54.7 Å². The molecular weight excluding hydrogens is 839 g/mol. The Bertz CT molecular complexity index is 2080. The Hall–Kier alpha value is -4.98. The summed E-state index contributed by atoms with van der Waals surface area (Å²) in [6, 6.07) is 37.1. The third-order valence-corrected chi connectivity index (χ3v) is 11.4. The van der Waals surface area contributed by atoms with E-state index in [-0.39, 0.29) is 42.2 Å². The molecule has 0 saturated heterocycles. The normalized spacial score (nSPS) is 11.5. The molecule has 58 heavy (non-hydrogen) atoms. The van der Waals surface area contributed by atoms with Crippen LogP contribution in [0.4, 0.5) is 0 Å². The number of carboxylic acid groups (broad SMARTS) is 1. The predicted molar refractivity (Wildman–Crippen MR) is 235 cm³/mol. The molecule has 2 unspecified atom stereocenters. The van der Waals surface area contributed by atoms with E-state index in [4.69, 9.17) is 39.9 Å². The Balaban J connectivity index is 0.000000648. The largest absolute Gasteiger partial charge is 0.478 e. The Labute approximate surface area is 360 Å². The number of hydrogen-bond donors (Lipinski definition) is 5. The number of aromatic carboxylic acids is 1. The van der Waals surface area contributed by atoms with Crippen LogP contribution in [0, 0.1) is 0 Å². The van der Waals surface area contributed by atoms with Crippen molar-refractivity contribution in [3.8, 4) is 0 Å². The van der Waals surface area contributed by atoms with Crippen LogP contribution in [-0.2, 0) is 16.0 Å². The molecule has 5 aromatic rings. The minimum absolute atomic E-state index is 0.170. The number of carboxylic acids is 1. The van der Waals surface area contributed by atoms with Gasteiger partial charge in [-0.25, -0.2) is 4.79 Å². The van der Waals surface area contributed by atoms with Gasteiger partial charge in [-0.2, -0.15) is 0 Å². The summed E-state index contributed by atoms with van der Waals surface area (Å²) in [6.07, 6.45) is 0.896. The summed E-state index contributed by atoms with van der Waals surface area (Å²) < 4.78 is 0. The Morgan fingerprint density at radius 3 is 1.62 bits per heavy atom. The van der Waals surface area contributed by atoms with E-state index in [1.165, 1.54) is 33.7 Å². The van der Waals surface area contributed by atoms with Gasteiger partial charge in [0.1, 0.15) is 6.04 Å². The number of carbonyl (C=O) groups is 5. The van der Waals surface area contributed by atoms with E-state index in [9.17, 15) is 24.0 Å². The van der Waals surface area contributed by atoms with Crippen LogP contribution in [0.2, 0.25) is 15.1 Å². The lowest BCUT2D eigenvalue weighted by molar-refractivity contribution is -0.122. The van der Waals surface area contributed by atoms with Gasteiger partial charge in [-0.15, -0.1) is 0 Å². The van der Waals surface area contributed by atoms with Crippen LogP contribution in [0.3, 0.4) is 0 Å². The first-order valence-corrected chi connectivity index (χ1v) is 21.6. The topological polar surface area (TPSA) is 154 Å². The summed E-state index contributed by atoms with van der Waals surface area (Å²) in [4.78, 5) is 61.9. The fourth-order valence-corrected chi connectivity index (χ4v) is 7.64. The van der Waals surface area contributed by atoms with Crippen molar-refractivity contribution in [3.05, 3.63) is 176 Å². The molecule has 0 heterocycles. The summed E-state index contributed by atoms with van der Waals surface area (Å²) in [5.41, 5.74) is 3.08. The van der Waals surface area contributed by atoms with E-state index in [1.807, 2.05) is 60.7 Å². The third-order valence-electron chi connectivity index (χ3n) is 8.22. The van der Waals surface area contributed by atoms with Gasteiger partial charge in [0.25, 0.3) is 11.8 Å². The molecule has 5 N–H and O–H groups in total. The SMILES string of the molecule is O=C(CCSSCC(NC(=O)c1ccc(Cl)cc1)C(=O)NCCc1ccccc1)NCC(NC(=O)c1ccc(Cl)cc1)c1ccccc1.O=C(O)c1ccc(Cl)cc1. The number of rotatable bonds is 18. The van der Waals surface area contributed by atoms with Crippen molar-refractivity contribution in [2.45, 2.75) is 24.9 Å². The maximum atomic E-state index is 13.1. The molecule has 0 saturated carbocycles. The van der Waals surface area contributed by atoms with Gasteiger partial charge in [0.05, 0.1) is 11.6 Å². The lowest BCUT2D eigenvalue weighted by atomic mass is 10.1. The molecule has 0 radical (unpaired) electrons. The zero-order valence-electron chi connectivity index (χ0n) is 31.0. The monoisotopic (exact) mass is 878 g/mol. The standard InChI is InChI=1S/C36H36Cl2N4O4S2.C7H5ClO2/c37-29-15-11-27(12-16-29)34(44)41-31(26-9-5-2-6-10-26)23-40-33(43)20-22-47-48-24-32(42-35(45)28-13-17-30(38)18-14-28)36(46)39-21-19-25-7-3-1-4-8-25;8-6-3-1-5(2-4-6)7(9)10/h1-18,31-32H,19-24H2,(H,39,46)(H,40,43)(H,41,44)(H,42,45);1-4H,(H,9,10). The van der Waals surface area contributed by atoms with Gasteiger partial charge >= 0.3 is 5.97 Å². The van der Waals surface area contributed by atoms with Crippen molar-refractivity contribution >= 4 is 86.0 Å². The highest BCUT2D eigenvalue weighted by atomic mass is 35.5. The summed E-state index contributed by atoms with van der Waals surface area (Å²) in [6.45, 7) is 0.639. The van der Waals surface area contributed by atoms with Gasteiger partial charge < -0.3 is 26.4 Å². The minimum atomic E-state index is -0.934. The zero-order valence-corrected chi connectivity index (χ0v) is 34.9. The average Bonchev–Trinajstić information content (AvgIpc) is 3.23. The van der Waals surface area contributed by atoms with Gasteiger partial charge in [0, 0.05) is 57.2 Å². The summed E-state index contributed by atoms with van der Waals surface area (Å²) in [7, 11) is 2.84. The summed E-state index contributed by atoms with van der Waals surface area (Å²) in [5, 5.41) is 21.7. The third kappa shape index (κ3) is 16.5. The second-order valence-corrected chi connectivity index (χ2v) is 16.4. The maximum Gasteiger partial charge on any atom is 0.335 e. The molecule has 2 atom stereocenters. The van der Waals surface area contributed by atoms with E-state index in [0.29, 0.717) is 50.7 Å². The lowest BCUT2D eigenvalue weighted by Gasteiger charge is -2.20. The Morgan fingerprint density at radius 2 is 1.09 bits per heavy atom. The molecule has 0 fully saturated rings. The van der Waals surface area contributed by atoms with E-state index in [1.54, 1.807) is 60.7 Å². The quantitative estimate of drug-likeness (QED) is 0.0434. The van der Waals surface area contributed by atoms with E-state index in [2.05, 4.69) is 21.3 Å². The van der Waals surface area contributed by atoms with E-state index >= 15 is 0 Å².